The summed E-state index contributed by atoms with van der Waals surface area (Å²) in [5.41, 5.74) is 0.872. The molecule has 1 aliphatic rings. The van der Waals surface area contributed by atoms with Crippen molar-refractivity contribution in [3.05, 3.63) is 60.7 Å². The molecule has 0 aromatic heterocycles. The molecule has 0 bridgehead atoms. The van der Waals surface area contributed by atoms with Crippen molar-refractivity contribution in [2.24, 2.45) is 0 Å². The predicted molar refractivity (Wildman–Crippen MR) is 129 cm³/mol. The molecular formula is C27H30F2O8. The van der Waals surface area contributed by atoms with E-state index in [0.717, 1.165) is 31.1 Å². The highest BCUT2D eigenvalue weighted by Gasteiger charge is 2.16. The first kappa shape index (κ1) is 28.1. The summed E-state index contributed by atoms with van der Waals surface area (Å²) in [6, 6.07) is 8.89. The zero-order valence-electron chi connectivity index (χ0n) is 20.4. The van der Waals surface area contributed by atoms with Crippen molar-refractivity contribution in [1.29, 1.82) is 0 Å². The Morgan fingerprint density at radius 1 is 0.892 bits per heavy atom. The Hall–Kier alpha value is -3.50. The van der Waals surface area contributed by atoms with Crippen LogP contribution in [0.5, 0.6) is 11.5 Å². The van der Waals surface area contributed by atoms with Crippen molar-refractivity contribution in [3.63, 3.8) is 0 Å². The van der Waals surface area contributed by atoms with Crippen molar-refractivity contribution in [3.8, 4) is 22.6 Å². The van der Waals surface area contributed by atoms with Gasteiger partial charge in [0.25, 0.3) is 0 Å². The van der Waals surface area contributed by atoms with Gasteiger partial charge in [-0.1, -0.05) is 18.7 Å². The summed E-state index contributed by atoms with van der Waals surface area (Å²) < 4.78 is 60.2. The van der Waals surface area contributed by atoms with Crippen LogP contribution < -0.4 is 9.47 Å². The number of esters is 2. The lowest BCUT2D eigenvalue weighted by Gasteiger charge is -2.22. The fraction of sp³-hybridized carbons (Fsp3) is 0.407. The van der Waals surface area contributed by atoms with Gasteiger partial charge in [-0.15, -0.1) is 0 Å². The predicted octanol–water partition coefficient (Wildman–Crippen LogP) is 4.25. The fourth-order valence-electron chi connectivity index (χ4n) is 3.49. The maximum atomic E-state index is 14.4. The van der Waals surface area contributed by atoms with Crippen molar-refractivity contribution in [1.82, 2.24) is 0 Å². The molecule has 0 radical (unpaired) electrons. The molecule has 0 atom stereocenters. The minimum atomic E-state index is -0.884. The summed E-state index contributed by atoms with van der Waals surface area (Å²) in [6.07, 6.45) is 2.95. The van der Waals surface area contributed by atoms with Crippen LogP contribution in [0.2, 0.25) is 0 Å². The highest BCUT2D eigenvalue weighted by Crippen LogP contribution is 2.30. The van der Waals surface area contributed by atoms with Crippen LogP contribution in [0.25, 0.3) is 11.1 Å². The zero-order valence-corrected chi connectivity index (χ0v) is 20.4. The van der Waals surface area contributed by atoms with E-state index in [1.165, 1.54) is 0 Å². The average Bonchev–Trinajstić information content (AvgIpc) is 2.91. The Kier molecular flexibility index (Phi) is 11.3. The van der Waals surface area contributed by atoms with Crippen molar-refractivity contribution in [2.75, 3.05) is 46.2 Å². The Morgan fingerprint density at radius 3 is 2.22 bits per heavy atom. The molecule has 8 nitrogen and oxygen atoms in total. The molecular weight excluding hydrogens is 490 g/mol. The molecule has 1 aliphatic heterocycles. The van der Waals surface area contributed by atoms with E-state index in [1.54, 1.807) is 24.3 Å². The SMILES string of the molecule is C=CC(=O)OCCOc1c(F)cc(-c2ccc(OCCOC(=O)CCOC3CCOCC3)cc2)cc1F. The molecule has 1 saturated heterocycles. The molecule has 0 spiro atoms. The maximum absolute atomic E-state index is 14.4. The number of hydrogen-bond donors (Lipinski definition) is 0. The largest absolute Gasteiger partial charge is 0.490 e. The van der Waals surface area contributed by atoms with Gasteiger partial charge in [0.1, 0.15) is 32.2 Å². The Balaban J connectivity index is 1.38. The van der Waals surface area contributed by atoms with Crippen LogP contribution in [-0.2, 0) is 28.5 Å². The van der Waals surface area contributed by atoms with E-state index in [0.29, 0.717) is 36.7 Å². The quantitative estimate of drug-likeness (QED) is 0.208. The summed E-state index contributed by atoms with van der Waals surface area (Å²) in [7, 11) is 0. The van der Waals surface area contributed by atoms with Crippen LogP contribution >= 0.6 is 0 Å². The lowest BCUT2D eigenvalue weighted by atomic mass is 10.0. The van der Waals surface area contributed by atoms with Gasteiger partial charge in [-0.2, -0.15) is 0 Å². The van der Waals surface area contributed by atoms with Crippen LogP contribution in [0.3, 0.4) is 0 Å². The van der Waals surface area contributed by atoms with E-state index in [2.05, 4.69) is 6.58 Å². The topological polar surface area (TPSA) is 89.5 Å². The normalized spacial score (nSPS) is 13.6. The highest BCUT2D eigenvalue weighted by atomic mass is 19.1. The van der Waals surface area contributed by atoms with Crippen molar-refractivity contribution < 1.29 is 46.8 Å². The third kappa shape index (κ3) is 9.47. The average molecular weight is 521 g/mol. The number of carbonyl (C=O) groups is 2. The van der Waals surface area contributed by atoms with Crippen molar-refractivity contribution >= 4 is 11.9 Å². The second-order valence-electron chi connectivity index (χ2n) is 8.01. The third-order valence-electron chi connectivity index (χ3n) is 5.37. The molecule has 0 unspecified atom stereocenters. The first-order chi connectivity index (χ1) is 18.0. The van der Waals surface area contributed by atoms with Crippen LogP contribution in [0.4, 0.5) is 8.78 Å². The smallest absolute Gasteiger partial charge is 0.330 e. The molecule has 10 heteroatoms. The number of rotatable bonds is 14. The van der Waals surface area contributed by atoms with Gasteiger partial charge < -0.3 is 28.4 Å². The molecule has 0 N–H and O–H groups in total. The van der Waals surface area contributed by atoms with Gasteiger partial charge >= 0.3 is 11.9 Å². The van der Waals surface area contributed by atoms with E-state index >= 15 is 0 Å². The van der Waals surface area contributed by atoms with Crippen LogP contribution in [0, 0.1) is 11.6 Å². The fourth-order valence-corrected chi connectivity index (χ4v) is 3.49. The number of benzene rings is 2. The number of ether oxygens (including phenoxy) is 6. The monoisotopic (exact) mass is 520 g/mol. The lowest BCUT2D eigenvalue weighted by Crippen LogP contribution is -2.24. The first-order valence-electron chi connectivity index (χ1n) is 12.0. The highest BCUT2D eigenvalue weighted by molar-refractivity contribution is 5.81. The van der Waals surface area contributed by atoms with E-state index in [4.69, 9.17) is 28.4 Å². The van der Waals surface area contributed by atoms with Gasteiger partial charge in [-0.25, -0.2) is 13.6 Å². The summed E-state index contributed by atoms with van der Waals surface area (Å²) >= 11 is 0. The zero-order chi connectivity index (χ0) is 26.5. The third-order valence-corrected chi connectivity index (χ3v) is 5.37. The summed E-state index contributed by atoms with van der Waals surface area (Å²) in [5, 5.41) is 0. The van der Waals surface area contributed by atoms with Crippen LogP contribution in [0.1, 0.15) is 19.3 Å². The molecule has 0 saturated carbocycles. The van der Waals surface area contributed by atoms with Crippen molar-refractivity contribution in [2.45, 2.75) is 25.4 Å². The standard InChI is InChI=1S/C27H30F2O8/c1-2-25(30)35-15-16-37-27-23(28)17-20(18-24(27)29)19-3-5-21(6-4-19)34-13-14-36-26(31)9-12-33-22-7-10-32-11-8-22/h2-6,17-18,22H,1,7-16H2. The summed E-state index contributed by atoms with van der Waals surface area (Å²) in [5.74, 6) is -2.82. The Bertz CT molecular complexity index is 1010. The molecule has 37 heavy (non-hydrogen) atoms. The van der Waals surface area contributed by atoms with Gasteiger partial charge in [0.2, 0.25) is 0 Å². The minimum absolute atomic E-state index is 0.0858. The molecule has 3 rings (SSSR count). The molecule has 0 amide bonds. The molecule has 2 aromatic rings. The van der Waals surface area contributed by atoms with E-state index in [1.807, 2.05) is 0 Å². The lowest BCUT2D eigenvalue weighted by molar-refractivity contribution is -0.146. The van der Waals surface area contributed by atoms with E-state index < -0.39 is 23.4 Å². The van der Waals surface area contributed by atoms with E-state index in [9.17, 15) is 18.4 Å². The molecule has 1 fully saturated rings. The number of halogens is 2. The second-order valence-corrected chi connectivity index (χ2v) is 8.01. The van der Waals surface area contributed by atoms with Gasteiger partial charge in [0.15, 0.2) is 17.4 Å². The van der Waals surface area contributed by atoms with Crippen LogP contribution in [-0.4, -0.2) is 64.3 Å². The summed E-state index contributed by atoms with van der Waals surface area (Å²) in [4.78, 5) is 22.8. The number of carbonyl (C=O) groups excluding carboxylic acids is 2. The Morgan fingerprint density at radius 2 is 1.54 bits per heavy atom. The second kappa shape index (κ2) is 14.9. The minimum Gasteiger partial charge on any atom is -0.490 e. The first-order valence-corrected chi connectivity index (χ1v) is 12.0. The van der Waals surface area contributed by atoms with E-state index in [-0.39, 0.29) is 44.9 Å². The Labute approximate surface area is 214 Å². The van der Waals surface area contributed by atoms with Gasteiger partial charge in [0.05, 0.1) is 19.1 Å². The molecule has 200 valence electrons. The van der Waals surface area contributed by atoms with Gasteiger partial charge in [-0.05, 0) is 48.2 Å². The van der Waals surface area contributed by atoms with Gasteiger partial charge in [-0.3, -0.25) is 4.79 Å². The molecule has 1 heterocycles. The number of hydrogen-bond acceptors (Lipinski definition) is 8. The van der Waals surface area contributed by atoms with Gasteiger partial charge in [0, 0.05) is 19.3 Å². The molecule has 2 aromatic carbocycles. The van der Waals surface area contributed by atoms with Crippen LogP contribution in [0.15, 0.2) is 49.1 Å². The summed E-state index contributed by atoms with van der Waals surface area (Å²) in [6.45, 7) is 4.78. The molecule has 0 aliphatic carbocycles. The maximum Gasteiger partial charge on any atom is 0.330 e.